The minimum absolute atomic E-state index is 0.584. The second kappa shape index (κ2) is 8.25. The average Bonchev–Trinajstić information content (AvgIpc) is 3.16. The van der Waals surface area contributed by atoms with Crippen molar-refractivity contribution in [3.8, 4) is 26.6 Å². The number of carbonyl (C=O) groups is 1. The van der Waals surface area contributed by atoms with E-state index in [4.69, 9.17) is 9.47 Å². The van der Waals surface area contributed by atoms with Gasteiger partial charge in [-0.2, -0.15) is 0 Å². The molecule has 30 heavy (non-hydrogen) atoms. The van der Waals surface area contributed by atoms with E-state index in [0.717, 1.165) is 46.1 Å². The number of ether oxygens (including phenoxy) is 2. The highest BCUT2D eigenvalue weighted by atomic mass is 32.1. The van der Waals surface area contributed by atoms with E-state index >= 15 is 0 Å². The van der Waals surface area contributed by atoms with Crippen molar-refractivity contribution in [2.45, 2.75) is 45.3 Å². The molecule has 1 unspecified atom stereocenters. The van der Waals surface area contributed by atoms with Crippen molar-refractivity contribution < 1.29 is 19.4 Å². The molecule has 2 aromatic carbocycles. The number of aliphatic carboxylic acids is 1. The first kappa shape index (κ1) is 20.6. The Morgan fingerprint density at radius 2 is 1.87 bits per heavy atom. The van der Waals surface area contributed by atoms with Crippen molar-refractivity contribution >= 4 is 17.3 Å². The second-order valence-electron chi connectivity index (χ2n) is 8.48. The van der Waals surface area contributed by atoms with E-state index < -0.39 is 17.7 Å². The van der Waals surface area contributed by atoms with Gasteiger partial charge in [0.05, 0.1) is 12.2 Å². The van der Waals surface area contributed by atoms with Crippen molar-refractivity contribution in [1.82, 2.24) is 0 Å². The van der Waals surface area contributed by atoms with Gasteiger partial charge in [0, 0.05) is 15.3 Å². The van der Waals surface area contributed by atoms with Crippen LogP contribution in [0.2, 0.25) is 0 Å². The summed E-state index contributed by atoms with van der Waals surface area (Å²) in [6, 6.07) is 18.2. The molecule has 4 rings (SSSR count). The van der Waals surface area contributed by atoms with E-state index in [1.165, 1.54) is 5.56 Å². The lowest BCUT2D eigenvalue weighted by Crippen LogP contribution is -2.27. The number of carboxylic acids is 1. The third-order valence-electron chi connectivity index (χ3n) is 4.97. The number of hydrogen-bond acceptors (Lipinski definition) is 4. The highest BCUT2D eigenvalue weighted by Gasteiger charge is 2.31. The summed E-state index contributed by atoms with van der Waals surface area (Å²) in [5.41, 5.74) is 3.35. The maximum Gasteiger partial charge on any atom is 0.337 e. The first-order valence-corrected chi connectivity index (χ1v) is 11.0. The summed E-state index contributed by atoms with van der Waals surface area (Å²) in [6.45, 7) is 6.38. The van der Waals surface area contributed by atoms with Crippen molar-refractivity contribution in [2.24, 2.45) is 0 Å². The van der Waals surface area contributed by atoms with Crippen LogP contribution in [0.1, 0.15) is 44.4 Å². The third kappa shape index (κ3) is 4.42. The van der Waals surface area contributed by atoms with Gasteiger partial charge < -0.3 is 14.6 Å². The van der Waals surface area contributed by atoms with Crippen molar-refractivity contribution in [1.29, 1.82) is 0 Å². The van der Waals surface area contributed by atoms with Gasteiger partial charge in [-0.05, 0) is 74.6 Å². The molecule has 1 N–H and O–H groups in total. The third-order valence-corrected chi connectivity index (χ3v) is 6.22. The minimum atomic E-state index is -1.04. The number of carboxylic acid groups (broad SMARTS) is 1. The Labute approximate surface area is 181 Å². The molecule has 2 heterocycles. The molecule has 0 spiro atoms. The average molecular weight is 423 g/mol. The normalized spacial score (nSPS) is 14.6. The molecule has 3 aromatic rings. The molecular weight excluding hydrogens is 396 g/mol. The molecule has 0 fully saturated rings. The van der Waals surface area contributed by atoms with E-state index in [0.29, 0.717) is 5.56 Å². The van der Waals surface area contributed by atoms with E-state index in [2.05, 4.69) is 6.07 Å². The molecule has 156 valence electrons. The zero-order valence-electron chi connectivity index (χ0n) is 17.5. The van der Waals surface area contributed by atoms with Gasteiger partial charge in [0.2, 0.25) is 0 Å². The Kier molecular flexibility index (Phi) is 5.67. The van der Waals surface area contributed by atoms with E-state index in [9.17, 15) is 9.90 Å². The fourth-order valence-electron chi connectivity index (χ4n) is 3.67. The van der Waals surface area contributed by atoms with Crippen LogP contribution in [0.15, 0.2) is 54.6 Å². The summed E-state index contributed by atoms with van der Waals surface area (Å²) >= 11 is 1.60. The summed E-state index contributed by atoms with van der Waals surface area (Å²) in [6.07, 6.45) is 0.922. The van der Waals surface area contributed by atoms with Crippen molar-refractivity contribution in [3.63, 3.8) is 0 Å². The van der Waals surface area contributed by atoms with Gasteiger partial charge in [-0.25, -0.2) is 4.79 Å². The number of rotatable bonds is 5. The quantitative estimate of drug-likeness (QED) is 0.521. The Hall–Kier alpha value is -2.63. The Bertz CT molecular complexity index is 1050. The van der Waals surface area contributed by atoms with Gasteiger partial charge in [-0.15, -0.1) is 11.3 Å². The molecule has 1 aromatic heterocycles. The van der Waals surface area contributed by atoms with Gasteiger partial charge in [0.25, 0.3) is 0 Å². The molecule has 1 aliphatic rings. The van der Waals surface area contributed by atoms with Crippen LogP contribution in [0.4, 0.5) is 0 Å². The highest BCUT2D eigenvalue weighted by Crippen LogP contribution is 2.44. The molecule has 1 atom stereocenters. The van der Waals surface area contributed by atoms with Crippen molar-refractivity contribution in [2.75, 3.05) is 6.61 Å². The molecular formula is C25H26O4S. The topological polar surface area (TPSA) is 55.8 Å². The zero-order valence-corrected chi connectivity index (χ0v) is 18.3. The van der Waals surface area contributed by atoms with E-state index in [1.54, 1.807) is 11.3 Å². The first-order chi connectivity index (χ1) is 14.3. The largest absolute Gasteiger partial charge is 0.493 e. The lowest BCUT2D eigenvalue weighted by atomic mass is 9.99. The van der Waals surface area contributed by atoms with Crippen LogP contribution < -0.4 is 4.74 Å². The van der Waals surface area contributed by atoms with Gasteiger partial charge in [0.15, 0.2) is 6.10 Å². The standard InChI is InChI=1S/C25H26O4S/c1-25(2,3)29-22(24(26)27)19-15-21(16-8-5-4-6-9-16)30-23(19)18-11-12-20-17(14-18)10-7-13-28-20/h4-6,8-9,11-12,14-15,22H,7,10,13H2,1-3H3,(H,26,27). The summed E-state index contributed by atoms with van der Waals surface area (Å²) in [5.74, 6) is -0.0583. The molecule has 0 aliphatic carbocycles. The highest BCUT2D eigenvalue weighted by molar-refractivity contribution is 7.19. The number of fused-ring (bicyclic) bond motifs is 1. The fraction of sp³-hybridized carbons (Fsp3) is 0.320. The summed E-state index contributed by atoms with van der Waals surface area (Å²) in [5, 5.41) is 9.99. The Morgan fingerprint density at radius 1 is 1.10 bits per heavy atom. The molecule has 5 heteroatoms. The van der Waals surface area contributed by atoms with Gasteiger partial charge in [-0.1, -0.05) is 30.3 Å². The molecule has 0 amide bonds. The summed E-state index contributed by atoms with van der Waals surface area (Å²) in [4.78, 5) is 14.2. The SMILES string of the molecule is CC(C)(C)OC(C(=O)O)c1cc(-c2ccccc2)sc1-c1ccc2c(c1)CCCO2. The lowest BCUT2D eigenvalue weighted by Gasteiger charge is -2.25. The van der Waals surface area contributed by atoms with Crippen LogP contribution >= 0.6 is 11.3 Å². The number of benzene rings is 2. The van der Waals surface area contributed by atoms with Gasteiger partial charge in [0.1, 0.15) is 5.75 Å². The molecule has 0 radical (unpaired) electrons. The molecule has 4 nitrogen and oxygen atoms in total. The van der Waals surface area contributed by atoms with Gasteiger partial charge >= 0.3 is 5.97 Å². The molecule has 0 saturated heterocycles. The smallest absolute Gasteiger partial charge is 0.337 e. The Balaban J connectivity index is 1.85. The molecule has 0 saturated carbocycles. The zero-order chi connectivity index (χ0) is 21.3. The van der Waals surface area contributed by atoms with Crippen LogP contribution in [-0.4, -0.2) is 23.3 Å². The van der Waals surface area contributed by atoms with Crippen LogP contribution in [0.5, 0.6) is 5.75 Å². The minimum Gasteiger partial charge on any atom is -0.493 e. The van der Waals surface area contributed by atoms with Gasteiger partial charge in [-0.3, -0.25) is 0 Å². The maximum atomic E-state index is 12.2. The van der Waals surface area contributed by atoms with Crippen LogP contribution in [0, 0.1) is 0 Å². The lowest BCUT2D eigenvalue weighted by molar-refractivity contribution is -0.160. The van der Waals surface area contributed by atoms with Crippen LogP contribution in [0.3, 0.4) is 0 Å². The number of aryl methyl sites for hydroxylation is 1. The number of hydrogen-bond donors (Lipinski definition) is 1. The summed E-state index contributed by atoms with van der Waals surface area (Å²) in [7, 11) is 0. The predicted molar refractivity (Wildman–Crippen MR) is 120 cm³/mol. The monoisotopic (exact) mass is 422 g/mol. The molecule has 1 aliphatic heterocycles. The van der Waals surface area contributed by atoms with E-state index in [-0.39, 0.29) is 0 Å². The van der Waals surface area contributed by atoms with Crippen molar-refractivity contribution in [3.05, 3.63) is 65.7 Å². The Morgan fingerprint density at radius 3 is 2.57 bits per heavy atom. The first-order valence-electron chi connectivity index (χ1n) is 10.2. The summed E-state index contributed by atoms with van der Waals surface area (Å²) < 4.78 is 11.7. The van der Waals surface area contributed by atoms with E-state index in [1.807, 2.05) is 69.3 Å². The van der Waals surface area contributed by atoms with Crippen LogP contribution in [-0.2, 0) is 16.0 Å². The molecule has 0 bridgehead atoms. The predicted octanol–water partition coefficient (Wildman–Crippen LogP) is 6.35. The second-order valence-corrected chi connectivity index (χ2v) is 9.54. The fourth-order valence-corrected chi connectivity index (χ4v) is 4.86. The maximum absolute atomic E-state index is 12.2. The van der Waals surface area contributed by atoms with Crippen LogP contribution in [0.25, 0.3) is 20.9 Å². The number of thiophene rings is 1.